The minimum Gasteiger partial charge on any atom is -0.759 e. The van der Waals surface area contributed by atoms with Crippen LogP contribution in [-0.2, 0) is 30.2 Å². The molecule has 0 aromatic carbocycles. The Morgan fingerprint density at radius 3 is 1.27 bits per heavy atom. The van der Waals surface area contributed by atoms with E-state index in [4.69, 9.17) is 79.8 Å². The molecule has 24 heteroatoms. The molecule has 0 rings (SSSR count). The van der Waals surface area contributed by atoms with Crippen LogP contribution in [0.1, 0.15) is 0 Å². The summed E-state index contributed by atoms with van der Waals surface area (Å²) in [5.74, 6) is 0. The molecule has 0 saturated heterocycles. The van der Waals surface area contributed by atoms with E-state index >= 15 is 0 Å². The standard InChI is InChI=1S/C6H12O6.K.Mg.H3N.H3O4P.2H2O4S/c7-1-3(9)5(11)6(12)4(10)2-8;;;;3*1-5(2,3)4/h1,3-6,8-12H,2H2;;;1H3;(H3,1,2,3,4);2*(H2,1,2,3,4)/q;+1;+2;;;;/p-3/t3-,4+,5+,6+;;;;;;/m0....../s1. The van der Waals surface area contributed by atoms with Crippen molar-refractivity contribution in [3.63, 3.8) is 0 Å². The van der Waals surface area contributed by atoms with Gasteiger partial charge in [0.05, 0.1) is 6.61 Å². The smallest absolute Gasteiger partial charge is 0.759 e. The zero-order chi connectivity index (χ0) is 23.2. The number of aliphatic hydroxyl groups is 5. The summed E-state index contributed by atoms with van der Waals surface area (Å²) in [6, 6.07) is 0. The van der Waals surface area contributed by atoms with Crippen LogP contribution in [0, 0.1) is 0 Å². The monoisotopic (exact) mass is 551 g/mol. The average Bonchev–Trinajstić information content (AvgIpc) is 2.38. The Labute approximate surface area is 228 Å². The number of aldehydes is 1. The van der Waals surface area contributed by atoms with Crippen LogP contribution in [0.5, 0.6) is 0 Å². The second-order valence-corrected chi connectivity index (χ2v) is 6.34. The molecule has 0 aliphatic heterocycles. The van der Waals surface area contributed by atoms with Gasteiger partial charge in [-0.25, -0.2) is 8.42 Å². The molecule has 0 fully saturated rings. The minimum absolute atomic E-state index is 0. The van der Waals surface area contributed by atoms with E-state index in [1.807, 2.05) is 0 Å². The number of quaternary nitrogens is 1. The molecule has 0 saturated carbocycles. The molecule has 12 N–H and O–H groups in total. The third-order valence-corrected chi connectivity index (χ3v) is 1.42. The van der Waals surface area contributed by atoms with Crippen molar-refractivity contribution >= 4 is 58.0 Å². The third-order valence-electron chi connectivity index (χ3n) is 1.42. The Bertz CT molecular complexity index is 585. The van der Waals surface area contributed by atoms with E-state index in [0.717, 1.165) is 0 Å². The molecule has 0 aliphatic carbocycles. The SMILES string of the molecule is O=C[C@H](O)[C@@H](O)[C@H](O)[C@H](O)CO.O=P([O-])(O)O.O=S(=O)([O-])O.O=S(=O)([O-])[O-].[K+].[Mg+2].[NH4+]. The van der Waals surface area contributed by atoms with Crippen LogP contribution in [0.2, 0.25) is 0 Å². The molecule has 0 aromatic rings. The van der Waals surface area contributed by atoms with Gasteiger partial charge in [-0.05, 0) is 0 Å². The predicted molar refractivity (Wildman–Crippen MR) is 83.8 cm³/mol. The van der Waals surface area contributed by atoms with Gasteiger partial charge in [0.1, 0.15) is 24.4 Å². The molecule has 19 nitrogen and oxygen atoms in total. The van der Waals surface area contributed by atoms with Crippen LogP contribution in [0.25, 0.3) is 0 Å². The van der Waals surface area contributed by atoms with Gasteiger partial charge in [-0.3, -0.25) is 17.5 Å². The fourth-order valence-electron chi connectivity index (χ4n) is 0.618. The number of aliphatic hydroxyl groups excluding tert-OH is 5. The molecular weight excluding hydrogens is 533 g/mol. The van der Waals surface area contributed by atoms with Crippen molar-refractivity contribution in [2.75, 3.05) is 6.61 Å². The molecule has 0 aliphatic rings. The van der Waals surface area contributed by atoms with E-state index in [1.165, 1.54) is 0 Å². The van der Waals surface area contributed by atoms with Crippen LogP contribution >= 0.6 is 7.82 Å². The van der Waals surface area contributed by atoms with Crippen LogP contribution < -0.4 is 62.4 Å². The molecule has 0 spiro atoms. The summed E-state index contributed by atoms with van der Waals surface area (Å²) in [4.78, 5) is 32.8. The molecule has 176 valence electrons. The fraction of sp³-hybridized carbons (Fsp3) is 0.833. The molecule has 0 radical (unpaired) electrons. The largest absolute Gasteiger partial charge is 2.00 e. The summed E-state index contributed by atoms with van der Waals surface area (Å²) in [6.45, 7) is -0.760. The van der Waals surface area contributed by atoms with E-state index < -0.39 is 59.6 Å². The second-order valence-electron chi connectivity index (χ2n) is 3.68. The van der Waals surface area contributed by atoms with Gasteiger partial charge in [-0.1, -0.05) is 0 Å². The molecule has 0 amide bonds. The molecule has 4 atom stereocenters. The Kier molecular flexibility index (Phi) is 38.9. The van der Waals surface area contributed by atoms with Crippen LogP contribution in [-0.4, -0.2) is 131 Å². The van der Waals surface area contributed by atoms with Crippen molar-refractivity contribution in [3.05, 3.63) is 0 Å². The molecule has 0 unspecified atom stereocenters. The molecule has 30 heavy (non-hydrogen) atoms. The van der Waals surface area contributed by atoms with Crippen LogP contribution in [0.4, 0.5) is 0 Å². The van der Waals surface area contributed by atoms with Gasteiger partial charge in [0.25, 0.3) is 7.82 Å². The summed E-state index contributed by atoms with van der Waals surface area (Å²) in [5, 5.41) is 43.5. The first-order chi connectivity index (χ1) is 11.5. The van der Waals surface area contributed by atoms with E-state index in [2.05, 4.69) is 0 Å². The van der Waals surface area contributed by atoms with E-state index in [1.54, 1.807) is 0 Å². The van der Waals surface area contributed by atoms with Gasteiger partial charge in [0, 0.05) is 10.4 Å². The van der Waals surface area contributed by atoms with Gasteiger partial charge in [0.2, 0.25) is 10.4 Å². The maximum Gasteiger partial charge on any atom is 2.00 e. The zero-order valence-corrected chi connectivity index (χ0v) is 22.3. The van der Waals surface area contributed by atoms with Gasteiger partial charge in [-0.15, -0.1) is 0 Å². The maximum absolute atomic E-state index is 9.90. The van der Waals surface area contributed by atoms with E-state index in [9.17, 15) is 4.79 Å². The first-order valence-electron chi connectivity index (χ1n) is 5.44. The number of carbonyl (C=O) groups excluding carboxylic acids is 1. The van der Waals surface area contributed by atoms with Crippen molar-refractivity contribution in [3.8, 4) is 0 Å². The minimum atomic E-state index is -5.17. The number of hydrogen-bond acceptors (Lipinski definition) is 15. The van der Waals surface area contributed by atoms with Gasteiger partial charge in [0.15, 0.2) is 6.29 Å². The predicted octanol–water partition coefficient (Wildman–Crippen LogP) is -10.3. The number of hydrogen-bond donors (Lipinski definition) is 9. The first kappa shape index (κ1) is 49.0. The molecule has 0 heterocycles. The first-order valence-corrected chi connectivity index (χ1v) is 9.67. The molecule has 0 bridgehead atoms. The number of carbonyl (C=O) groups is 1. The normalized spacial score (nSPS) is 14.3. The van der Waals surface area contributed by atoms with Crippen LogP contribution in [0.3, 0.4) is 0 Å². The van der Waals surface area contributed by atoms with Gasteiger partial charge < -0.3 is 64.8 Å². The zero-order valence-electron chi connectivity index (χ0n) is 15.2. The van der Waals surface area contributed by atoms with Crippen molar-refractivity contribution in [2.24, 2.45) is 0 Å². The topological polar surface area (TPSA) is 393 Å². The fourth-order valence-corrected chi connectivity index (χ4v) is 0.618. The Morgan fingerprint density at radius 2 is 1.13 bits per heavy atom. The van der Waals surface area contributed by atoms with Crippen molar-refractivity contribution in [1.82, 2.24) is 6.15 Å². The summed E-state index contributed by atoms with van der Waals surface area (Å²) in [7, 11) is -15.0. The Morgan fingerprint density at radius 1 is 0.933 bits per heavy atom. The number of rotatable bonds is 5. The summed E-state index contributed by atoms with van der Waals surface area (Å²) in [6.07, 6.45) is -6.84. The summed E-state index contributed by atoms with van der Waals surface area (Å²) >= 11 is 0. The Hall–Kier alpha value is 1.68. The third kappa shape index (κ3) is 78.1. The quantitative estimate of drug-likeness (QED) is 0.0502. The average molecular weight is 552 g/mol. The molecule has 0 aromatic heterocycles. The number of phosphoric acid groups is 1. The van der Waals surface area contributed by atoms with E-state index in [0.29, 0.717) is 0 Å². The summed E-state index contributed by atoms with van der Waals surface area (Å²) in [5.41, 5.74) is 0. The van der Waals surface area contributed by atoms with Gasteiger partial charge >= 0.3 is 74.4 Å². The molecular formula is C6H19KMgNO18PS2. The summed E-state index contributed by atoms with van der Waals surface area (Å²) < 4.78 is 75.7. The second kappa shape index (κ2) is 23.8. The van der Waals surface area contributed by atoms with Crippen LogP contribution in [0.15, 0.2) is 0 Å². The van der Waals surface area contributed by atoms with Crippen molar-refractivity contribution in [1.29, 1.82) is 0 Å². The van der Waals surface area contributed by atoms with Gasteiger partial charge in [-0.2, -0.15) is 0 Å². The van der Waals surface area contributed by atoms with Crippen molar-refractivity contribution in [2.45, 2.75) is 24.4 Å². The Balaban J connectivity index is -0.0000000502. The van der Waals surface area contributed by atoms with E-state index in [-0.39, 0.29) is 86.9 Å². The maximum atomic E-state index is 9.90. The van der Waals surface area contributed by atoms with Crippen molar-refractivity contribution < 1.29 is 136 Å².